The van der Waals surface area contributed by atoms with Gasteiger partial charge < -0.3 is 35.0 Å². The maximum absolute atomic E-state index is 14.3. The van der Waals surface area contributed by atoms with Crippen LogP contribution in [-0.2, 0) is 17.9 Å². The summed E-state index contributed by atoms with van der Waals surface area (Å²) >= 11 is 0. The molecule has 0 radical (unpaired) electrons. The molecule has 4 heterocycles. The molecule has 5 rings (SSSR count). The summed E-state index contributed by atoms with van der Waals surface area (Å²) in [6.45, 7) is 4.03. The van der Waals surface area contributed by atoms with Crippen LogP contribution in [0.25, 0.3) is 5.65 Å². The maximum Gasteiger partial charge on any atom is 0.269 e. The van der Waals surface area contributed by atoms with Gasteiger partial charge in [-0.15, -0.1) is 0 Å². The Labute approximate surface area is 220 Å². The Morgan fingerprint density at radius 2 is 2.05 bits per heavy atom. The van der Waals surface area contributed by atoms with Gasteiger partial charge in [0.15, 0.2) is 17.2 Å². The van der Waals surface area contributed by atoms with Gasteiger partial charge in [-0.3, -0.25) is 9.78 Å². The number of carbonyl (C=O) groups is 1. The van der Waals surface area contributed by atoms with Crippen LogP contribution < -0.4 is 26.5 Å². The standard InChI is InChI=1S/C26H34FN9O2/c1-33-7-9-34(10-8-33)22-11-18(17-3-4-17)13-35-14-19(32-25(22)35)15-36(29)16-20(28)26(37)31-12-21-24(27)23(38-2)5-6-30-21/h5-6,11,13-14,16-17H,3-4,7-10,12,15,28-29H2,1-2H3,(H,31,37)/b20-16-. The molecule has 0 aromatic carbocycles. The van der Waals surface area contributed by atoms with Crippen LogP contribution in [0.15, 0.2) is 42.6 Å². The number of nitrogens with zero attached hydrogens (tertiary/aromatic N) is 6. The third-order valence-corrected chi connectivity index (χ3v) is 6.97. The number of hydrazine groups is 1. The highest BCUT2D eigenvalue weighted by molar-refractivity contribution is 5.92. The van der Waals surface area contributed by atoms with Crippen molar-refractivity contribution in [2.45, 2.75) is 31.8 Å². The number of imidazole rings is 1. The molecule has 1 aliphatic heterocycles. The Morgan fingerprint density at radius 3 is 2.76 bits per heavy atom. The highest BCUT2D eigenvalue weighted by atomic mass is 19.1. The lowest BCUT2D eigenvalue weighted by atomic mass is 10.1. The molecule has 1 amide bonds. The highest BCUT2D eigenvalue weighted by Gasteiger charge is 2.27. The normalized spacial score (nSPS) is 16.6. The van der Waals surface area contributed by atoms with Gasteiger partial charge in [-0.25, -0.2) is 15.2 Å². The first-order chi connectivity index (χ1) is 18.3. The van der Waals surface area contributed by atoms with E-state index in [4.69, 9.17) is 21.3 Å². The van der Waals surface area contributed by atoms with Gasteiger partial charge in [-0.05, 0) is 37.4 Å². The van der Waals surface area contributed by atoms with Crippen molar-refractivity contribution in [1.29, 1.82) is 0 Å². The van der Waals surface area contributed by atoms with E-state index in [9.17, 15) is 9.18 Å². The van der Waals surface area contributed by atoms with E-state index in [0.717, 1.165) is 43.2 Å². The summed E-state index contributed by atoms with van der Waals surface area (Å²) in [5, 5.41) is 3.87. The molecule has 0 atom stereocenters. The number of anilines is 1. The molecule has 0 spiro atoms. The minimum Gasteiger partial charge on any atom is -0.494 e. The fraction of sp³-hybridized carbons (Fsp3) is 0.423. The van der Waals surface area contributed by atoms with E-state index in [1.165, 1.54) is 49.0 Å². The number of hydrogen-bond acceptors (Lipinski definition) is 9. The smallest absolute Gasteiger partial charge is 0.269 e. The molecule has 1 saturated heterocycles. The number of aromatic nitrogens is 3. The van der Waals surface area contributed by atoms with Gasteiger partial charge in [-0.2, -0.15) is 0 Å². The van der Waals surface area contributed by atoms with Crippen molar-refractivity contribution in [3.8, 4) is 5.75 Å². The summed E-state index contributed by atoms with van der Waals surface area (Å²) in [7, 11) is 3.50. The van der Waals surface area contributed by atoms with Crippen molar-refractivity contribution in [2.75, 3.05) is 45.2 Å². The first kappa shape index (κ1) is 25.7. The van der Waals surface area contributed by atoms with Crippen LogP contribution in [0.4, 0.5) is 10.1 Å². The molecule has 11 nitrogen and oxygen atoms in total. The van der Waals surface area contributed by atoms with Crippen LogP contribution in [0, 0.1) is 5.82 Å². The van der Waals surface area contributed by atoms with Gasteiger partial charge in [0.25, 0.3) is 5.91 Å². The lowest BCUT2D eigenvalue weighted by Crippen LogP contribution is -2.44. The van der Waals surface area contributed by atoms with Crippen molar-refractivity contribution >= 4 is 17.2 Å². The minimum atomic E-state index is -0.633. The fourth-order valence-corrected chi connectivity index (χ4v) is 4.63. The number of hydrogen-bond donors (Lipinski definition) is 3. The largest absolute Gasteiger partial charge is 0.494 e. The summed E-state index contributed by atoms with van der Waals surface area (Å²) in [5.41, 5.74) is 10.0. The van der Waals surface area contributed by atoms with Crippen LogP contribution in [0.1, 0.15) is 35.7 Å². The predicted molar refractivity (Wildman–Crippen MR) is 141 cm³/mol. The van der Waals surface area contributed by atoms with Crippen molar-refractivity contribution in [2.24, 2.45) is 11.6 Å². The van der Waals surface area contributed by atoms with E-state index in [0.29, 0.717) is 5.92 Å². The average Bonchev–Trinajstić information content (AvgIpc) is 3.67. The minimum absolute atomic E-state index is 0.0431. The zero-order chi connectivity index (χ0) is 26.8. The Hall–Kier alpha value is -3.90. The molecule has 38 heavy (non-hydrogen) atoms. The zero-order valence-corrected chi connectivity index (χ0v) is 21.7. The molecule has 5 N–H and O–H groups in total. The number of amides is 1. The molecule has 202 valence electrons. The number of fused-ring (bicyclic) bond motifs is 1. The van der Waals surface area contributed by atoms with E-state index in [-0.39, 0.29) is 30.2 Å². The molecule has 3 aromatic rings. The van der Waals surface area contributed by atoms with Gasteiger partial charge in [-0.1, -0.05) is 0 Å². The van der Waals surface area contributed by atoms with Crippen molar-refractivity contribution in [3.63, 3.8) is 0 Å². The second-order valence-corrected chi connectivity index (χ2v) is 9.90. The number of methoxy groups -OCH3 is 1. The van der Waals surface area contributed by atoms with Crippen molar-refractivity contribution in [1.82, 2.24) is 29.6 Å². The number of pyridine rings is 2. The fourth-order valence-electron chi connectivity index (χ4n) is 4.63. The molecule has 0 unspecified atom stereocenters. The van der Waals surface area contributed by atoms with Gasteiger partial charge in [0.2, 0.25) is 0 Å². The monoisotopic (exact) mass is 523 g/mol. The number of ether oxygens (including phenoxy) is 1. The summed E-state index contributed by atoms with van der Waals surface area (Å²) in [6, 6.07) is 3.69. The molecular formula is C26H34FN9O2. The predicted octanol–water partition coefficient (Wildman–Crippen LogP) is 1.30. The molecule has 1 saturated carbocycles. The molecule has 12 heteroatoms. The van der Waals surface area contributed by atoms with Gasteiger partial charge >= 0.3 is 0 Å². The summed E-state index contributed by atoms with van der Waals surface area (Å²) < 4.78 is 21.3. The lowest BCUT2D eigenvalue weighted by molar-refractivity contribution is -0.117. The maximum atomic E-state index is 14.3. The number of halogens is 1. The number of rotatable bonds is 9. The van der Waals surface area contributed by atoms with E-state index in [1.54, 1.807) is 0 Å². The van der Waals surface area contributed by atoms with E-state index >= 15 is 0 Å². The molecule has 1 aliphatic carbocycles. The highest BCUT2D eigenvalue weighted by Crippen LogP contribution is 2.42. The Balaban J connectivity index is 1.27. The van der Waals surface area contributed by atoms with Crippen LogP contribution in [0.5, 0.6) is 5.75 Å². The molecule has 0 bridgehead atoms. The van der Waals surface area contributed by atoms with Crippen molar-refractivity contribution in [3.05, 3.63) is 65.4 Å². The van der Waals surface area contributed by atoms with Crippen LogP contribution in [0.3, 0.4) is 0 Å². The molecule has 2 fully saturated rings. The van der Waals surface area contributed by atoms with E-state index in [2.05, 4.69) is 43.8 Å². The molecular weight excluding hydrogens is 489 g/mol. The third-order valence-electron chi connectivity index (χ3n) is 6.97. The SMILES string of the molecule is COc1ccnc(CNC(=O)/C(N)=C/N(N)Cc2cn3cc(C4CC4)cc(N4CCN(C)CC4)c3n2)c1F. The number of nitrogens with two attached hydrogens (primary N) is 2. The number of nitrogens with one attached hydrogen (secondary N) is 1. The van der Waals surface area contributed by atoms with Crippen molar-refractivity contribution < 1.29 is 13.9 Å². The summed E-state index contributed by atoms with van der Waals surface area (Å²) in [5.74, 6) is 5.60. The lowest BCUT2D eigenvalue weighted by Gasteiger charge is -2.34. The van der Waals surface area contributed by atoms with Crippen LogP contribution in [-0.4, -0.2) is 70.5 Å². The average molecular weight is 524 g/mol. The Bertz CT molecular complexity index is 1350. The summed E-state index contributed by atoms with van der Waals surface area (Å²) in [6.07, 6.45) is 9.32. The zero-order valence-electron chi connectivity index (χ0n) is 21.7. The number of piperazine rings is 1. The quantitative estimate of drug-likeness (QED) is 0.216. The summed E-state index contributed by atoms with van der Waals surface area (Å²) in [4.78, 5) is 26.0. The van der Waals surface area contributed by atoms with Gasteiger partial charge in [0, 0.05) is 57.0 Å². The Morgan fingerprint density at radius 1 is 1.29 bits per heavy atom. The van der Waals surface area contributed by atoms with E-state index < -0.39 is 11.7 Å². The van der Waals surface area contributed by atoms with Gasteiger partial charge in [0.05, 0.1) is 37.3 Å². The molecule has 3 aromatic heterocycles. The topological polar surface area (TPSA) is 130 Å². The Kier molecular flexibility index (Phi) is 7.34. The third kappa shape index (κ3) is 5.65. The van der Waals surface area contributed by atoms with Gasteiger partial charge in [0.1, 0.15) is 5.70 Å². The first-order valence-corrected chi connectivity index (χ1v) is 12.7. The molecule has 2 aliphatic rings. The number of likely N-dealkylation sites (N-methyl/N-ethyl adjacent to an activating group) is 1. The first-order valence-electron chi connectivity index (χ1n) is 12.7. The van der Waals surface area contributed by atoms with Crippen LogP contribution >= 0.6 is 0 Å². The van der Waals surface area contributed by atoms with Crippen LogP contribution in [0.2, 0.25) is 0 Å². The van der Waals surface area contributed by atoms with E-state index in [1.807, 2.05) is 6.20 Å². The second kappa shape index (κ2) is 10.8. The number of carbonyl (C=O) groups excluding carboxylic acids is 1. The second-order valence-electron chi connectivity index (χ2n) is 9.90.